The molecule has 0 spiro atoms. The number of aliphatic hydroxyl groups excluding tert-OH is 1. The van der Waals surface area contributed by atoms with Crippen LogP contribution in [-0.2, 0) is 9.53 Å². The van der Waals surface area contributed by atoms with Crippen molar-refractivity contribution in [2.24, 2.45) is 0 Å². The highest BCUT2D eigenvalue weighted by atomic mass is 16.5. The number of carbonyl (C=O) groups excluding carboxylic acids is 1. The molecule has 1 aliphatic heterocycles. The van der Waals surface area contributed by atoms with Crippen molar-refractivity contribution in [2.45, 2.75) is 24.9 Å². The summed E-state index contributed by atoms with van der Waals surface area (Å²) < 4.78 is 10.9. The largest absolute Gasteiger partial charge is 0.490 e. The predicted octanol–water partition coefficient (Wildman–Crippen LogP) is 4.23. The first-order valence-corrected chi connectivity index (χ1v) is 12.7. The molecule has 0 bridgehead atoms. The Morgan fingerprint density at radius 3 is 2.64 bits per heavy atom. The third kappa shape index (κ3) is 7.40. The van der Waals surface area contributed by atoms with Gasteiger partial charge in [0.15, 0.2) is 0 Å². The standard InChI is InChI=1S/C30H36N2O4/c1-35-19-16-31-30(34)13-12-25-7-4-5-9-29(25)36-22-28(33)21-32-17-14-24(15-18-32)27-11-10-23-6-2-3-8-26(23)20-27/h2-13,20,24,28,33H,14-19,21-22H2,1H3,(H,31,34). The summed E-state index contributed by atoms with van der Waals surface area (Å²) in [7, 11) is 1.60. The van der Waals surface area contributed by atoms with E-state index in [1.807, 2.05) is 24.3 Å². The van der Waals surface area contributed by atoms with Crippen LogP contribution in [0.3, 0.4) is 0 Å². The van der Waals surface area contributed by atoms with Crippen LogP contribution in [-0.4, -0.2) is 68.5 Å². The number of benzene rings is 3. The molecule has 1 saturated heterocycles. The van der Waals surface area contributed by atoms with Gasteiger partial charge in [0.05, 0.1) is 6.61 Å². The number of ether oxygens (including phenoxy) is 2. The molecule has 190 valence electrons. The van der Waals surface area contributed by atoms with Crippen molar-refractivity contribution in [2.75, 3.05) is 46.5 Å². The molecule has 4 rings (SSSR count). The molecule has 36 heavy (non-hydrogen) atoms. The molecule has 0 aromatic heterocycles. The summed E-state index contributed by atoms with van der Waals surface area (Å²) >= 11 is 0. The number of rotatable bonds is 11. The third-order valence-corrected chi connectivity index (χ3v) is 6.67. The third-order valence-electron chi connectivity index (χ3n) is 6.67. The minimum absolute atomic E-state index is 0.186. The molecule has 2 N–H and O–H groups in total. The number of hydrogen-bond donors (Lipinski definition) is 2. The lowest BCUT2D eigenvalue weighted by Crippen LogP contribution is -2.40. The average Bonchev–Trinajstić information content (AvgIpc) is 2.91. The second-order valence-electron chi connectivity index (χ2n) is 9.30. The van der Waals surface area contributed by atoms with Crippen LogP contribution in [0.2, 0.25) is 0 Å². The van der Waals surface area contributed by atoms with Crippen molar-refractivity contribution in [1.29, 1.82) is 0 Å². The molecule has 3 aromatic rings. The second kappa shape index (κ2) is 13.2. The number of methoxy groups -OCH3 is 1. The molecule has 3 aromatic carbocycles. The van der Waals surface area contributed by atoms with Crippen LogP contribution in [0.4, 0.5) is 0 Å². The molecule has 1 unspecified atom stereocenters. The number of carbonyl (C=O) groups is 1. The fourth-order valence-corrected chi connectivity index (χ4v) is 4.70. The fourth-order valence-electron chi connectivity index (χ4n) is 4.70. The van der Waals surface area contributed by atoms with E-state index in [0.717, 1.165) is 31.5 Å². The van der Waals surface area contributed by atoms with Gasteiger partial charge in [-0.3, -0.25) is 4.79 Å². The van der Waals surface area contributed by atoms with Crippen molar-refractivity contribution < 1.29 is 19.4 Å². The molecule has 1 fully saturated rings. The van der Waals surface area contributed by atoms with Gasteiger partial charge in [0.2, 0.25) is 5.91 Å². The second-order valence-corrected chi connectivity index (χ2v) is 9.30. The number of likely N-dealkylation sites (tertiary alicyclic amines) is 1. The highest BCUT2D eigenvalue weighted by Gasteiger charge is 2.22. The van der Waals surface area contributed by atoms with Crippen molar-refractivity contribution >= 4 is 22.8 Å². The summed E-state index contributed by atoms with van der Waals surface area (Å²) in [5, 5.41) is 16.0. The van der Waals surface area contributed by atoms with E-state index in [4.69, 9.17) is 9.47 Å². The van der Waals surface area contributed by atoms with E-state index in [-0.39, 0.29) is 12.5 Å². The highest BCUT2D eigenvalue weighted by molar-refractivity contribution is 5.92. The minimum atomic E-state index is -0.586. The summed E-state index contributed by atoms with van der Waals surface area (Å²) in [4.78, 5) is 14.2. The molecule has 1 heterocycles. The quantitative estimate of drug-likeness (QED) is 0.312. The molecule has 6 heteroatoms. The number of nitrogens with one attached hydrogen (secondary N) is 1. The van der Waals surface area contributed by atoms with Gasteiger partial charge in [-0.1, -0.05) is 60.7 Å². The number of nitrogens with zero attached hydrogens (tertiary/aromatic N) is 1. The molecule has 0 radical (unpaired) electrons. The Kier molecular flexibility index (Phi) is 9.50. The molecular formula is C30H36N2O4. The lowest BCUT2D eigenvalue weighted by molar-refractivity contribution is -0.116. The molecule has 6 nitrogen and oxygen atoms in total. The van der Waals surface area contributed by atoms with Crippen LogP contribution in [0.15, 0.2) is 72.8 Å². The number of aliphatic hydroxyl groups is 1. The van der Waals surface area contributed by atoms with Crippen LogP contribution in [0.1, 0.15) is 29.9 Å². The van der Waals surface area contributed by atoms with E-state index in [2.05, 4.69) is 52.7 Å². The molecular weight excluding hydrogens is 452 g/mol. The maximum Gasteiger partial charge on any atom is 0.244 e. The maximum atomic E-state index is 11.9. The van der Waals surface area contributed by atoms with Crippen LogP contribution in [0, 0.1) is 0 Å². The van der Waals surface area contributed by atoms with E-state index >= 15 is 0 Å². The fraction of sp³-hybridized carbons (Fsp3) is 0.367. The number of amides is 1. The summed E-state index contributed by atoms with van der Waals surface area (Å²) in [5.74, 6) is 1.02. The maximum absolute atomic E-state index is 11.9. The SMILES string of the molecule is COCCNC(=O)C=Cc1ccccc1OCC(O)CN1CCC(c2ccc3ccccc3c2)CC1. The number of para-hydroxylation sites is 1. The topological polar surface area (TPSA) is 71.0 Å². The first kappa shape index (κ1) is 25.9. The zero-order valence-electron chi connectivity index (χ0n) is 20.9. The van der Waals surface area contributed by atoms with Gasteiger partial charge in [0, 0.05) is 31.8 Å². The summed E-state index contributed by atoms with van der Waals surface area (Å²) in [6.45, 7) is 3.65. The van der Waals surface area contributed by atoms with E-state index in [0.29, 0.717) is 31.4 Å². The molecule has 1 aliphatic rings. The number of β-amino-alcohol motifs (C(OH)–C–C–N with tert-alkyl or cyclic N) is 1. The van der Waals surface area contributed by atoms with Gasteiger partial charge in [-0.15, -0.1) is 0 Å². The van der Waals surface area contributed by atoms with Crippen molar-refractivity contribution in [3.8, 4) is 5.75 Å². The molecule has 1 atom stereocenters. The Hall–Kier alpha value is -3.19. The van der Waals surface area contributed by atoms with Gasteiger partial charge < -0.3 is 24.8 Å². The van der Waals surface area contributed by atoms with Gasteiger partial charge in [-0.05, 0) is 60.3 Å². The molecule has 0 saturated carbocycles. The Morgan fingerprint density at radius 1 is 1.08 bits per heavy atom. The zero-order chi connectivity index (χ0) is 25.2. The molecule has 1 amide bonds. The van der Waals surface area contributed by atoms with Crippen LogP contribution < -0.4 is 10.1 Å². The Balaban J connectivity index is 1.23. The van der Waals surface area contributed by atoms with Crippen molar-refractivity contribution in [3.05, 3.63) is 83.9 Å². The smallest absolute Gasteiger partial charge is 0.244 e. The summed E-state index contributed by atoms with van der Waals surface area (Å²) in [5.41, 5.74) is 2.21. The Labute approximate surface area is 213 Å². The molecule has 0 aliphatic carbocycles. The van der Waals surface area contributed by atoms with Crippen molar-refractivity contribution in [3.63, 3.8) is 0 Å². The first-order chi connectivity index (χ1) is 17.6. The highest BCUT2D eigenvalue weighted by Crippen LogP contribution is 2.30. The Bertz CT molecular complexity index is 1150. The van der Waals surface area contributed by atoms with Gasteiger partial charge in [0.1, 0.15) is 18.5 Å². The van der Waals surface area contributed by atoms with Crippen LogP contribution in [0.5, 0.6) is 5.75 Å². The van der Waals surface area contributed by atoms with Gasteiger partial charge in [0.25, 0.3) is 0 Å². The Morgan fingerprint density at radius 2 is 1.83 bits per heavy atom. The van der Waals surface area contributed by atoms with E-state index in [1.54, 1.807) is 13.2 Å². The number of hydrogen-bond acceptors (Lipinski definition) is 5. The van der Waals surface area contributed by atoms with Crippen molar-refractivity contribution in [1.82, 2.24) is 10.2 Å². The minimum Gasteiger partial charge on any atom is -0.490 e. The normalized spacial score (nSPS) is 15.8. The van der Waals surface area contributed by atoms with Crippen LogP contribution in [0.25, 0.3) is 16.8 Å². The average molecular weight is 489 g/mol. The number of fused-ring (bicyclic) bond motifs is 1. The van der Waals surface area contributed by atoms with Crippen LogP contribution >= 0.6 is 0 Å². The van der Waals surface area contributed by atoms with E-state index in [9.17, 15) is 9.90 Å². The monoisotopic (exact) mass is 488 g/mol. The summed E-state index contributed by atoms with van der Waals surface area (Å²) in [6.07, 6.45) is 4.80. The van der Waals surface area contributed by atoms with E-state index in [1.165, 1.54) is 22.4 Å². The van der Waals surface area contributed by atoms with Gasteiger partial charge in [-0.2, -0.15) is 0 Å². The predicted molar refractivity (Wildman–Crippen MR) is 144 cm³/mol. The lowest BCUT2D eigenvalue weighted by Gasteiger charge is -2.33. The summed E-state index contributed by atoms with van der Waals surface area (Å²) in [6, 6.07) is 22.8. The van der Waals surface area contributed by atoms with E-state index < -0.39 is 6.10 Å². The van der Waals surface area contributed by atoms with Gasteiger partial charge >= 0.3 is 0 Å². The first-order valence-electron chi connectivity index (χ1n) is 12.7. The zero-order valence-corrected chi connectivity index (χ0v) is 20.9. The number of piperidine rings is 1. The van der Waals surface area contributed by atoms with Gasteiger partial charge in [-0.25, -0.2) is 0 Å². The lowest BCUT2D eigenvalue weighted by atomic mass is 9.88.